The smallest absolute Gasteiger partial charge is 0.221 e. The number of ether oxygens (including phenoxy) is 3. The number of amides is 1. The molecule has 7 nitrogen and oxygen atoms in total. The van der Waals surface area contributed by atoms with Crippen molar-refractivity contribution in [3.05, 3.63) is 60.1 Å². The molecular formula is C25H26N2O5. The van der Waals surface area contributed by atoms with E-state index in [1.165, 1.54) is 0 Å². The van der Waals surface area contributed by atoms with E-state index < -0.39 is 0 Å². The van der Waals surface area contributed by atoms with Crippen LogP contribution in [-0.4, -0.2) is 31.2 Å². The van der Waals surface area contributed by atoms with E-state index >= 15 is 0 Å². The van der Waals surface area contributed by atoms with Crippen LogP contribution in [0.2, 0.25) is 0 Å². The first kappa shape index (κ1) is 20.4. The fourth-order valence-corrected chi connectivity index (χ4v) is 3.94. The van der Waals surface area contributed by atoms with Crippen LogP contribution in [0, 0.1) is 5.92 Å². The van der Waals surface area contributed by atoms with E-state index in [2.05, 4.69) is 10.3 Å². The van der Waals surface area contributed by atoms with Gasteiger partial charge >= 0.3 is 0 Å². The summed E-state index contributed by atoms with van der Waals surface area (Å²) in [4.78, 5) is 17.0. The molecule has 1 aliphatic carbocycles. The average Bonchev–Trinajstić information content (AvgIpc) is 3.57. The van der Waals surface area contributed by atoms with Gasteiger partial charge in [0.2, 0.25) is 5.91 Å². The monoisotopic (exact) mass is 434 g/mol. The number of methoxy groups -OCH3 is 1. The van der Waals surface area contributed by atoms with Gasteiger partial charge in [0.1, 0.15) is 19.0 Å². The molecule has 1 saturated carbocycles. The van der Waals surface area contributed by atoms with Gasteiger partial charge in [0.15, 0.2) is 23.1 Å². The Bertz CT molecular complexity index is 1090. The molecule has 2 aliphatic rings. The molecule has 1 aliphatic heterocycles. The Hall–Kier alpha value is -3.48. The third-order valence-corrected chi connectivity index (χ3v) is 5.83. The quantitative estimate of drug-likeness (QED) is 0.569. The van der Waals surface area contributed by atoms with Crippen LogP contribution in [0.25, 0.3) is 11.3 Å². The molecule has 1 fully saturated rings. The zero-order chi connectivity index (χ0) is 21.9. The van der Waals surface area contributed by atoms with Crippen molar-refractivity contribution < 1.29 is 23.4 Å². The molecule has 166 valence electrons. The molecule has 2 aromatic carbocycles. The van der Waals surface area contributed by atoms with Crippen molar-refractivity contribution in [1.82, 2.24) is 10.3 Å². The molecule has 3 aromatic rings. The summed E-state index contributed by atoms with van der Waals surface area (Å²) in [5, 5.41) is 3.20. The Balaban J connectivity index is 1.20. The van der Waals surface area contributed by atoms with Gasteiger partial charge in [0.25, 0.3) is 0 Å². The summed E-state index contributed by atoms with van der Waals surface area (Å²) >= 11 is 0. The van der Waals surface area contributed by atoms with E-state index in [1.54, 1.807) is 13.3 Å². The summed E-state index contributed by atoms with van der Waals surface area (Å²) in [7, 11) is 1.63. The molecule has 1 amide bonds. The molecule has 2 heterocycles. The number of aromatic nitrogens is 1. The second-order valence-electron chi connectivity index (χ2n) is 8.13. The first-order valence-corrected chi connectivity index (χ1v) is 11.0. The Kier molecular flexibility index (Phi) is 5.71. The first-order valence-electron chi connectivity index (χ1n) is 11.0. The van der Waals surface area contributed by atoms with Crippen molar-refractivity contribution in [3.63, 3.8) is 0 Å². The van der Waals surface area contributed by atoms with Crippen LogP contribution in [0.4, 0.5) is 0 Å². The van der Waals surface area contributed by atoms with E-state index in [-0.39, 0.29) is 11.9 Å². The molecule has 0 spiro atoms. The van der Waals surface area contributed by atoms with Crippen LogP contribution >= 0.6 is 0 Å². The number of aryl methyl sites for hydroxylation is 1. The normalized spacial score (nSPS) is 15.8. The molecule has 0 bridgehead atoms. The zero-order valence-electron chi connectivity index (χ0n) is 18.0. The number of hydrogen-bond acceptors (Lipinski definition) is 6. The number of hydrogen-bond donors (Lipinski definition) is 1. The largest absolute Gasteiger partial charge is 0.497 e. The molecule has 1 N–H and O–H groups in total. The third-order valence-electron chi connectivity index (χ3n) is 5.83. The molecule has 0 radical (unpaired) electrons. The van der Waals surface area contributed by atoms with Gasteiger partial charge in [-0.3, -0.25) is 4.79 Å². The van der Waals surface area contributed by atoms with Gasteiger partial charge in [-0.15, -0.1) is 0 Å². The highest BCUT2D eigenvalue weighted by atomic mass is 16.6. The lowest BCUT2D eigenvalue weighted by molar-refractivity contribution is -0.122. The van der Waals surface area contributed by atoms with E-state index in [9.17, 15) is 4.79 Å². The molecule has 1 unspecified atom stereocenters. The van der Waals surface area contributed by atoms with Crippen molar-refractivity contribution in [2.75, 3.05) is 20.3 Å². The second kappa shape index (κ2) is 8.94. The highest BCUT2D eigenvalue weighted by molar-refractivity contribution is 5.76. The van der Waals surface area contributed by atoms with E-state index in [0.717, 1.165) is 41.2 Å². The van der Waals surface area contributed by atoms with Crippen LogP contribution < -0.4 is 19.5 Å². The number of carbonyl (C=O) groups is 1. The van der Waals surface area contributed by atoms with Gasteiger partial charge < -0.3 is 23.9 Å². The maximum absolute atomic E-state index is 12.7. The highest BCUT2D eigenvalue weighted by Gasteiger charge is 2.34. The van der Waals surface area contributed by atoms with Crippen molar-refractivity contribution in [2.24, 2.45) is 5.92 Å². The summed E-state index contributed by atoms with van der Waals surface area (Å²) in [5.74, 6) is 3.97. The standard InChI is InChI=1S/C25H26N2O5/c1-29-19-7-4-16(5-8-19)22-15-26-24(32-22)11-10-23(28)27-25(17-2-3-17)18-6-9-20-21(14-18)31-13-12-30-20/h4-9,14-15,17,25H,2-3,10-13H2,1H3,(H,27,28). The van der Waals surface area contributed by atoms with Gasteiger partial charge in [-0.2, -0.15) is 0 Å². The number of carbonyl (C=O) groups excluding carboxylic acids is 1. The number of rotatable bonds is 8. The Morgan fingerprint density at radius 1 is 1.12 bits per heavy atom. The van der Waals surface area contributed by atoms with Gasteiger partial charge in [-0.1, -0.05) is 6.07 Å². The lowest BCUT2D eigenvalue weighted by atomic mass is 10.0. The minimum Gasteiger partial charge on any atom is -0.497 e. The van der Waals surface area contributed by atoms with Crippen molar-refractivity contribution in [3.8, 4) is 28.6 Å². The number of nitrogens with one attached hydrogen (secondary N) is 1. The lowest BCUT2D eigenvalue weighted by Crippen LogP contribution is -2.30. The van der Waals surface area contributed by atoms with Crippen molar-refractivity contribution >= 4 is 5.91 Å². The number of oxazole rings is 1. The zero-order valence-corrected chi connectivity index (χ0v) is 18.0. The number of nitrogens with zero attached hydrogens (tertiary/aromatic N) is 1. The summed E-state index contributed by atoms with van der Waals surface area (Å²) in [6.07, 6.45) is 4.68. The van der Waals surface area contributed by atoms with E-state index in [4.69, 9.17) is 18.6 Å². The Morgan fingerprint density at radius 2 is 1.91 bits per heavy atom. The average molecular weight is 434 g/mol. The number of fused-ring (bicyclic) bond motifs is 1. The maximum Gasteiger partial charge on any atom is 0.221 e. The Morgan fingerprint density at radius 3 is 2.66 bits per heavy atom. The van der Waals surface area contributed by atoms with E-state index in [0.29, 0.717) is 43.6 Å². The van der Waals surface area contributed by atoms with Crippen LogP contribution in [0.3, 0.4) is 0 Å². The van der Waals surface area contributed by atoms with Crippen molar-refractivity contribution in [1.29, 1.82) is 0 Å². The van der Waals surface area contributed by atoms with Crippen LogP contribution in [-0.2, 0) is 11.2 Å². The minimum absolute atomic E-state index is 0.0130. The number of benzene rings is 2. The molecule has 1 aromatic heterocycles. The molecule has 7 heteroatoms. The third kappa shape index (κ3) is 4.56. The summed E-state index contributed by atoms with van der Waals surface area (Å²) in [6, 6.07) is 13.5. The molecule has 0 saturated heterocycles. The fourth-order valence-electron chi connectivity index (χ4n) is 3.94. The second-order valence-corrected chi connectivity index (χ2v) is 8.13. The first-order chi connectivity index (χ1) is 15.7. The molecular weight excluding hydrogens is 408 g/mol. The molecule has 32 heavy (non-hydrogen) atoms. The van der Waals surface area contributed by atoms with Crippen LogP contribution in [0.5, 0.6) is 17.2 Å². The summed E-state index contributed by atoms with van der Waals surface area (Å²) in [6.45, 7) is 1.11. The van der Waals surface area contributed by atoms with Gasteiger partial charge in [-0.25, -0.2) is 4.98 Å². The molecule has 5 rings (SSSR count). The van der Waals surface area contributed by atoms with Gasteiger partial charge in [0.05, 0.1) is 19.3 Å². The van der Waals surface area contributed by atoms with Crippen LogP contribution in [0.1, 0.15) is 36.8 Å². The maximum atomic E-state index is 12.7. The topological polar surface area (TPSA) is 82.8 Å². The predicted molar refractivity (Wildman–Crippen MR) is 118 cm³/mol. The van der Waals surface area contributed by atoms with E-state index in [1.807, 2.05) is 42.5 Å². The molecule has 1 atom stereocenters. The highest BCUT2D eigenvalue weighted by Crippen LogP contribution is 2.43. The summed E-state index contributed by atoms with van der Waals surface area (Å²) < 4.78 is 22.3. The summed E-state index contributed by atoms with van der Waals surface area (Å²) in [5.41, 5.74) is 1.98. The SMILES string of the molecule is COc1ccc(-c2cnc(CCC(=O)NC(c3ccc4c(c3)OCCO4)C3CC3)o2)cc1. The fraction of sp³-hybridized carbons (Fsp3) is 0.360. The van der Waals surface area contributed by atoms with Gasteiger partial charge in [-0.05, 0) is 60.7 Å². The van der Waals surface area contributed by atoms with Crippen LogP contribution in [0.15, 0.2) is 53.1 Å². The van der Waals surface area contributed by atoms with Crippen molar-refractivity contribution in [2.45, 2.75) is 31.7 Å². The lowest BCUT2D eigenvalue weighted by Gasteiger charge is -2.23. The minimum atomic E-state index is -0.0160. The predicted octanol–water partition coefficient (Wildman–Crippen LogP) is 4.32. The Labute approximate surface area is 186 Å². The van der Waals surface area contributed by atoms with Gasteiger partial charge in [0, 0.05) is 18.4 Å².